The van der Waals surface area contributed by atoms with Crippen LogP contribution in [0.15, 0.2) is 54.6 Å². The van der Waals surface area contributed by atoms with Gasteiger partial charge in [-0.25, -0.2) is 4.79 Å². The van der Waals surface area contributed by atoms with Gasteiger partial charge in [-0.1, -0.05) is 30.3 Å². The summed E-state index contributed by atoms with van der Waals surface area (Å²) in [5.41, 5.74) is 2.14. The van der Waals surface area contributed by atoms with Crippen LogP contribution in [0.2, 0.25) is 0 Å². The third-order valence-electron chi connectivity index (χ3n) is 4.01. The molecule has 2 amide bonds. The number of hydrogen-bond donors (Lipinski definition) is 2. The first kappa shape index (κ1) is 20.2. The van der Waals surface area contributed by atoms with Crippen molar-refractivity contribution >= 4 is 17.8 Å². The molecule has 2 aromatic rings. The maximum absolute atomic E-state index is 11.9. The van der Waals surface area contributed by atoms with Gasteiger partial charge in [0.25, 0.3) is 5.91 Å². The summed E-state index contributed by atoms with van der Waals surface area (Å²) in [5, 5.41) is 5.65. The summed E-state index contributed by atoms with van der Waals surface area (Å²) >= 11 is 0. The van der Waals surface area contributed by atoms with E-state index in [0.717, 1.165) is 5.56 Å². The van der Waals surface area contributed by atoms with E-state index < -0.39 is 0 Å². The molecule has 0 unspecified atom stereocenters. The van der Waals surface area contributed by atoms with E-state index in [4.69, 9.17) is 0 Å². The molecule has 0 aromatic heterocycles. The fraction of sp³-hybridized carbons (Fsp3) is 0.286. The molecule has 0 aliphatic carbocycles. The molecule has 0 bridgehead atoms. The second-order valence-electron chi connectivity index (χ2n) is 6.01. The Kier molecular flexibility index (Phi) is 8.03. The van der Waals surface area contributed by atoms with Crippen molar-refractivity contribution in [2.45, 2.75) is 19.3 Å². The Hall–Kier alpha value is -3.15. The number of carbonyl (C=O) groups excluding carboxylic acids is 3. The number of hydrogen-bond acceptors (Lipinski definition) is 4. The predicted octanol–water partition coefficient (Wildman–Crippen LogP) is 2.34. The zero-order chi connectivity index (χ0) is 19.5. The fourth-order valence-electron chi connectivity index (χ4n) is 2.50. The van der Waals surface area contributed by atoms with Crippen LogP contribution < -0.4 is 10.6 Å². The number of carbonyl (C=O) groups is 3. The standard InChI is InChI=1S/C21H24N2O4/c1-27-21(26)18-11-9-16(10-12-18)13-15-22-19(24)8-5-14-23-20(25)17-6-3-2-4-7-17/h2-4,6-7,9-12H,5,8,13-15H2,1H3,(H,22,24)(H,23,25). The highest BCUT2D eigenvalue weighted by Gasteiger charge is 2.06. The Labute approximate surface area is 158 Å². The molecule has 6 heteroatoms. The minimum Gasteiger partial charge on any atom is -0.465 e. The summed E-state index contributed by atoms with van der Waals surface area (Å²) in [6.07, 6.45) is 1.62. The van der Waals surface area contributed by atoms with Crippen molar-refractivity contribution in [2.24, 2.45) is 0 Å². The summed E-state index contributed by atoms with van der Waals surface area (Å²) in [6.45, 7) is 0.975. The third-order valence-corrected chi connectivity index (χ3v) is 4.01. The van der Waals surface area contributed by atoms with E-state index in [2.05, 4.69) is 15.4 Å². The molecule has 2 N–H and O–H groups in total. The Balaban J connectivity index is 1.59. The van der Waals surface area contributed by atoms with Crippen LogP contribution >= 0.6 is 0 Å². The number of benzene rings is 2. The Morgan fingerprint density at radius 1 is 0.852 bits per heavy atom. The van der Waals surface area contributed by atoms with Gasteiger partial charge in [-0.15, -0.1) is 0 Å². The van der Waals surface area contributed by atoms with Gasteiger partial charge < -0.3 is 15.4 Å². The largest absolute Gasteiger partial charge is 0.465 e. The van der Waals surface area contributed by atoms with Gasteiger partial charge in [-0.05, 0) is 42.7 Å². The van der Waals surface area contributed by atoms with Crippen LogP contribution in [-0.2, 0) is 16.0 Å². The lowest BCUT2D eigenvalue weighted by atomic mass is 10.1. The summed E-state index contributed by atoms with van der Waals surface area (Å²) in [4.78, 5) is 35.1. The first-order chi connectivity index (χ1) is 13.1. The quantitative estimate of drug-likeness (QED) is 0.526. The van der Waals surface area contributed by atoms with Gasteiger partial charge >= 0.3 is 5.97 Å². The molecule has 6 nitrogen and oxygen atoms in total. The molecule has 0 aliphatic rings. The van der Waals surface area contributed by atoms with Crippen molar-refractivity contribution in [1.82, 2.24) is 10.6 Å². The molecule has 0 spiro atoms. The van der Waals surface area contributed by atoms with Gasteiger partial charge in [-0.2, -0.15) is 0 Å². The molecule has 0 fully saturated rings. The van der Waals surface area contributed by atoms with E-state index >= 15 is 0 Å². The van der Waals surface area contributed by atoms with Gasteiger partial charge in [0.1, 0.15) is 0 Å². The Bertz CT molecular complexity index is 758. The highest BCUT2D eigenvalue weighted by molar-refractivity contribution is 5.94. The lowest BCUT2D eigenvalue weighted by Crippen LogP contribution is -2.28. The second-order valence-corrected chi connectivity index (χ2v) is 6.01. The van der Waals surface area contributed by atoms with Crippen LogP contribution in [0.25, 0.3) is 0 Å². The first-order valence-corrected chi connectivity index (χ1v) is 8.87. The maximum atomic E-state index is 11.9. The zero-order valence-corrected chi connectivity index (χ0v) is 15.4. The monoisotopic (exact) mass is 368 g/mol. The van der Waals surface area contributed by atoms with Crippen LogP contribution in [0.3, 0.4) is 0 Å². The summed E-state index contributed by atoms with van der Waals surface area (Å²) < 4.78 is 4.65. The molecule has 0 saturated carbocycles. The van der Waals surface area contributed by atoms with Crippen LogP contribution in [0.4, 0.5) is 0 Å². The minimum absolute atomic E-state index is 0.0462. The number of methoxy groups -OCH3 is 1. The van der Waals surface area contributed by atoms with E-state index in [1.807, 2.05) is 30.3 Å². The SMILES string of the molecule is COC(=O)c1ccc(CCNC(=O)CCCNC(=O)c2ccccc2)cc1. The highest BCUT2D eigenvalue weighted by atomic mass is 16.5. The van der Waals surface area contributed by atoms with Crippen molar-refractivity contribution < 1.29 is 19.1 Å². The summed E-state index contributed by atoms with van der Waals surface area (Å²) in [6, 6.07) is 16.1. The van der Waals surface area contributed by atoms with Crippen LogP contribution in [0.1, 0.15) is 39.1 Å². The lowest BCUT2D eigenvalue weighted by molar-refractivity contribution is -0.121. The maximum Gasteiger partial charge on any atom is 0.337 e. The van der Waals surface area contributed by atoms with Gasteiger partial charge in [-0.3, -0.25) is 9.59 Å². The average Bonchev–Trinajstić information content (AvgIpc) is 2.71. The summed E-state index contributed by atoms with van der Waals surface area (Å²) in [5.74, 6) is -0.546. The van der Waals surface area contributed by atoms with E-state index in [9.17, 15) is 14.4 Å². The van der Waals surface area contributed by atoms with Crippen LogP contribution in [-0.4, -0.2) is 38.0 Å². The van der Waals surface area contributed by atoms with Gasteiger partial charge in [0.15, 0.2) is 0 Å². The molecule has 0 atom stereocenters. The fourth-order valence-corrected chi connectivity index (χ4v) is 2.50. The minimum atomic E-state index is -0.366. The molecule has 27 heavy (non-hydrogen) atoms. The number of esters is 1. The smallest absolute Gasteiger partial charge is 0.337 e. The molecular formula is C21H24N2O4. The Morgan fingerprint density at radius 2 is 1.56 bits per heavy atom. The van der Waals surface area contributed by atoms with Crippen LogP contribution in [0, 0.1) is 0 Å². The number of nitrogens with one attached hydrogen (secondary N) is 2. The van der Waals surface area contributed by atoms with Gasteiger partial charge in [0.05, 0.1) is 12.7 Å². The van der Waals surface area contributed by atoms with Crippen LogP contribution in [0.5, 0.6) is 0 Å². The normalized spacial score (nSPS) is 10.1. The number of rotatable bonds is 9. The topological polar surface area (TPSA) is 84.5 Å². The van der Waals surface area contributed by atoms with E-state index in [-0.39, 0.29) is 17.8 Å². The van der Waals surface area contributed by atoms with Gasteiger partial charge in [0.2, 0.25) is 5.91 Å². The number of amides is 2. The Morgan fingerprint density at radius 3 is 2.22 bits per heavy atom. The molecular weight excluding hydrogens is 344 g/mol. The first-order valence-electron chi connectivity index (χ1n) is 8.87. The van der Waals surface area contributed by atoms with Crippen molar-refractivity contribution in [3.8, 4) is 0 Å². The molecule has 0 radical (unpaired) electrons. The predicted molar refractivity (Wildman–Crippen MR) is 103 cm³/mol. The van der Waals surface area contributed by atoms with Crippen molar-refractivity contribution in [3.63, 3.8) is 0 Å². The lowest BCUT2D eigenvalue weighted by Gasteiger charge is -2.07. The van der Waals surface area contributed by atoms with E-state index in [1.54, 1.807) is 24.3 Å². The molecule has 0 saturated heterocycles. The van der Waals surface area contributed by atoms with Crippen molar-refractivity contribution in [2.75, 3.05) is 20.2 Å². The summed E-state index contributed by atoms with van der Waals surface area (Å²) in [7, 11) is 1.35. The molecule has 2 rings (SSSR count). The van der Waals surface area contributed by atoms with Crippen molar-refractivity contribution in [3.05, 3.63) is 71.3 Å². The van der Waals surface area contributed by atoms with E-state index in [0.29, 0.717) is 43.5 Å². The molecule has 142 valence electrons. The highest BCUT2D eigenvalue weighted by Crippen LogP contribution is 2.06. The zero-order valence-electron chi connectivity index (χ0n) is 15.4. The molecule has 2 aromatic carbocycles. The molecule has 0 heterocycles. The third kappa shape index (κ3) is 6.93. The van der Waals surface area contributed by atoms with Crippen molar-refractivity contribution in [1.29, 1.82) is 0 Å². The molecule has 0 aliphatic heterocycles. The van der Waals surface area contributed by atoms with Gasteiger partial charge in [0, 0.05) is 25.1 Å². The average molecular weight is 368 g/mol. The van der Waals surface area contributed by atoms with E-state index in [1.165, 1.54) is 7.11 Å². The second kappa shape index (κ2) is 10.8. The number of ether oxygens (including phenoxy) is 1.